The van der Waals surface area contributed by atoms with E-state index in [4.69, 9.17) is 19.0 Å². The standard InChI is InChI=1S/C34H38BN5O8/c1-39-13-15-40(16-14-39)18-28(42)36-23-8-10-24(11-9-23)37-30(21-5-3-2-4-6-21)29-25-12-7-22(17-26(25)38-33(29)44)35-47-27-19-46-34(45,20-41)32(43)31(27)48-35/h2-12,17,27,31-32,38,41,43-45H,13-16,18-20H2,1H3,(H,36,42)/t27-,31-,32+,34-/m1/s1. The summed E-state index contributed by atoms with van der Waals surface area (Å²) in [4.78, 5) is 25.1. The molecule has 0 radical (unpaired) electrons. The number of aromatic hydroxyl groups is 1. The number of aliphatic hydroxyl groups excluding tert-OH is 2. The monoisotopic (exact) mass is 655 g/mol. The average Bonchev–Trinajstić information content (AvgIpc) is 3.68. The predicted molar refractivity (Wildman–Crippen MR) is 180 cm³/mol. The lowest BCUT2D eigenvalue weighted by Gasteiger charge is -2.40. The third-order valence-electron chi connectivity index (χ3n) is 9.16. The molecule has 250 valence electrons. The van der Waals surface area contributed by atoms with Gasteiger partial charge in [-0.25, -0.2) is 4.99 Å². The zero-order valence-electron chi connectivity index (χ0n) is 26.5. The van der Waals surface area contributed by atoms with E-state index in [1.54, 1.807) is 12.1 Å². The molecule has 1 amide bonds. The van der Waals surface area contributed by atoms with Crippen molar-refractivity contribution in [2.75, 3.05) is 58.3 Å². The lowest BCUT2D eigenvalue weighted by Crippen LogP contribution is -2.61. The molecular weight excluding hydrogens is 617 g/mol. The van der Waals surface area contributed by atoms with Gasteiger partial charge < -0.3 is 49.7 Å². The summed E-state index contributed by atoms with van der Waals surface area (Å²) in [6.07, 6.45) is -3.06. The molecule has 6 N–H and O–H groups in total. The maximum absolute atomic E-state index is 12.7. The number of aromatic nitrogens is 1. The molecule has 3 aliphatic heterocycles. The number of carbonyl (C=O) groups excluding carboxylic acids is 1. The first kappa shape index (κ1) is 32.4. The number of benzene rings is 3. The van der Waals surface area contributed by atoms with E-state index in [0.29, 0.717) is 45.6 Å². The van der Waals surface area contributed by atoms with Crippen LogP contribution >= 0.6 is 0 Å². The van der Waals surface area contributed by atoms with Gasteiger partial charge in [0.15, 0.2) is 5.88 Å². The number of hydrogen-bond acceptors (Lipinski definition) is 11. The Morgan fingerprint density at radius 2 is 1.81 bits per heavy atom. The summed E-state index contributed by atoms with van der Waals surface area (Å²) in [5, 5.41) is 45.4. The van der Waals surface area contributed by atoms with Crippen LogP contribution in [0, 0.1) is 0 Å². The summed E-state index contributed by atoms with van der Waals surface area (Å²) in [6.45, 7) is 3.11. The Morgan fingerprint density at radius 1 is 1.06 bits per heavy atom. The molecule has 3 aliphatic rings. The van der Waals surface area contributed by atoms with Crippen molar-refractivity contribution in [3.63, 3.8) is 0 Å². The van der Waals surface area contributed by atoms with Crippen LogP contribution in [-0.4, -0.2) is 131 Å². The van der Waals surface area contributed by atoms with Gasteiger partial charge in [-0.2, -0.15) is 0 Å². The predicted octanol–water partition coefficient (Wildman–Crippen LogP) is 0.780. The van der Waals surface area contributed by atoms with E-state index in [1.165, 1.54) is 0 Å². The van der Waals surface area contributed by atoms with Crippen LogP contribution in [0.1, 0.15) is 11.1 Å². The van der Waals surface area contributed by atoms with Crippen LogP contribution in [0.25, 0.3) is 10.9 Å². The number of hydrogen-bond donors (Lipinski definition) is 6. The molecule has 4 aromatic rings. The Labute approximate surface area is 277 Å². The van der Waals surface area contributed by atoms with E-state index in [2.05, 4.69) is 27.1 Å². The molecule has 0 saturated carbocycles. The highest BCUT2D eigenvalue weighted by atomic mass is 16.7. The molecule has 3 saturated heterocycles. The molecule has 7 rings (SSSR count). The van der Waals surface area contributed by atoms with E-state index < -0.39 is 37.8 Å². The first-order valence-corrected chi connectivity index (χ1v) is 16.0. The minimum atomic E-state index is -2.13. The van der Waals surface area contributed by atoms with E-state index in [9.17, 15) is 25.2 Å². The van der Waals surface area contributed by atoms with E-state index in [1.807, 2.05) is 60.7 Å². The number of piperazine rings is 1. The molecule has 13 nitrogen and oxygen atoms in total. The fraction of sp³-hybridized carbons (Fsp3) is 0.353. The van der Waals surface area contributed by atoms with Gasteiger partial charge in [0.2, 0.25) is 11.7 Å². The summed E-state index contributed by atoms with van der Waals surface area (Å²) < 4.78 is 17.2. The van der Waals surface area contributed by atoms with E-state index >= 15 is 0 Å². The van der Waals surface area contributed by atoms with Crippen molar-refractivity contribution >= 4 is 46.5 Å². The van der Waals surface area contributed by atoms with Crippen LogP contribution in [0.2, 0.25) is 0 Å². The van der Waals surface area contributed by atoms with Crippen LogP contribution < -0.4 is 10.8 Å². The maximum Gasteiger partial charge on any atom is 0.494 e. The quantitative estimate of drug-likeness (QED) is 0.118. The Kier molecular flexibility index (Phi) is 9.07. The van der Waals surface area contributed by atoms with Crippen molar-refractivity contribution in [2.45, 2.75) is 24.1 Å². The highest BCUT2D eigenvalue weighted by Crippen LogP contribution is 2.34. The topological polar surface area (TPSA) is 172 Å². The Hall–Kier alpha value is -4.12. The number of aromatic amines is 1. The summed E-state index contributed by atoms with van der Waals surface area (Å²) in [5.74, 6) is -2.27. The van der Waals surface area contributed by atoms with Gasteiger partial charge in [-0.1, -0.05) is 42.5 Å². The first-order valence-electron chi connectivity index (χ1n) is 16.0. The van der Waals surface area contributed by atoms with Crippen LogP contribution in [0.4, 0.5) is 11.4 Å². The number of H-pyrrole nitrogens is 1. The molecule has 0 bridgehead atoms. The minimum absolute atomic E-state index is 0.0628. The van der Waals surface area contributed by atoms with E-state index in [-0.39, 0.29) is 18.4 Å². The number of fused-ring (bicyclic) bond motifs is 2. The number of nitrogens with one attached hydrogen (secondary N) is 2. The Morgan fingerprint density at radius 3 is 2.54 bits per heavy atom. The lowest BCUT2D eigenvalue weighted by atomic mass is 9.79. The van der Waals surface area contributed by atoms with Crippen LogP contribution in [-0.2, 0) is 18.8 Å². The third-order valence-corrected chi connectivity index (χ3v) is 9.16. The van der Waals surface area contributed by atoms with Gasteiger partial charge in [-0.05, 0) is 42.8 Å². The zero-order valence-corrected chi connectivity index (χ0v) is 26.5. The average molecular weight is 656 g/mol. The van der Waals surface area contributed by atoms with Gasteiger partial charge in [-0.3, -0.25) is 9.69 Å². The molecular formula is C34H38BN5O8. The van der Waals surface area contributed by atoms with Crippen molar-refractivity contribution in [1.29, 1.82) is 0 Å². The normalized spacial score (nSPS) is 25.4. The number of anilines is 1. The van der Waals surface area contributed by atoms with Gasteiger partial charge in [0.25, 0.3) is 0 Å². The lowest BCUT2D eigenvalue weighted by molar-refractivity contribution is -0.317. The molecule has 48 heavy (non-hydrogen) atoms. The molecule has 3 fully saturated rings. The van der Waals surface area contributed by atoms with Crippen molar-refractivity contribution in [3.8, 4) is 5.88 Å². The van der Waals surface area contributed by atoms with Crippen LogP contribution in [0.5, 0.6) is 5.88 Å². The van der Waals surface area contributed by atoms with Crippen LogP contribution in [0.3, 0.4) is 0 Å². The highest BCUT2D eigenvalue weighted by molar-refractivity contribution is 6.62. The van der Waals surface area contributed by atoms with Crippen molar-refractivity contribution in [3.05, 3.63) is 83.9 Å². The molecule has 14 heteroatoms. The second-order valence-electron chi connectivity index (χ2n) is 12.5. The fourth-order valence-electron chi connectivity index (χ4n) is 6.38. The number of likely N-dealkylation sites (N-methyl/N-ethyl adjacent to an activating group) is 1. The zero-order chi connectivity index (χ0) is 33.4. The molecule has 3 aromatic carbocycles. The minimum Gasteiger partial charge on any atom is -0.494 e. The molecule has 4 heterocycles. The van der Waals surface area contributed by atoms with Gasteiger partial charge in [-0.15, -0.1) is 0 Å². The number of ether oxygens (including phenoxy) is 1. The first-order chi connectivity index (χ1) is 23.2. The van der Waals surface area contributed by atoms with Gasteiger partial charge in [0.1, 0.15) is 12.2 Å². The fourth-order valence-corrected chi connectivity index (χ4v) is 6.38. The van der Waals surface area contributed by atoms with Gasteiger partial charge >= 0.3 is 7.12 Å². The van der Waals surface area contributed by atoms with Crippen molar-refractivity contribution in [2.24, 2.45) is 4.99 Å². The molecule has 1 aromatic heterocycles. The number of aliphatic hydroxyl groups is 3. The van der Waals surface area contributed by atoms with Crippen molar-refractivity contribution < 1.29 is 39.3 Å². The number of aliphatic imine (C=N–C) groups is 1. The molecule has 0 aliphatic carbocycles. The molecule has 0 spiro atoms. The van der Waals surface area contributed by atoms with Gasteiger partial charge in [0.05, 0.1) is 42.8 Å². The second-order valence-corrected chi connectivity index (χ2v) is 12.5. The van der Waals surface area contributed by atoms with Crippen molar-refractivity contribution in [1.82, 2.24) is 14.8 Å². The smallest absolute Gasteiger partial charge is 0.494 e. The van der Waals surface area contributed by atoms with Gasteiger partial charge in [0, 0.05) is 48.3 Å². The maximum atomic E-state index is 12.7. The summed E-state index contributed by atoms with van der Waals surface area (Å²) in [6, 6.07) is 22.2. The Bertz CT molecular complexity index is 1800. The number of rotatable bonds is 8. The largest absolute Gasteiger partial charge is 0.494 e. The number of carbonyl (C=O) groups is 1. The molecule has 4 atom stereocenters. The second kappa shape index (κ2) is 13.4. The van der Waals surface area contributed by atoms with Crippen LogP contribution in [0.15, 0.2) is 77.8 Å². The third kappa shape index (κ3) is 6.49. The SMILES string of the molecule is CN1CCN(CC(=O)Nc2ccc(N=C(c3ccccc3)c3c(O)[nH]c4cc(B5O[C@@H]6[C@@H](CO[C@](O)(CO)[C@H]6O)O5)ccc34)cc2)CC1. The molecule has 0 unspecified atom stereocenters. The Balaban J connectivity index is 1.13. The summed E-state index contributed by atoms with van der Waals surface area (Å²) >= 11 is 0. The summed E-state index contributed by atoms with van der Waals surface area (Å²) in [5.41, 5.74) is 4.37. The van der Waals surface area contributed by atoms with E-state index in [0.717, 1.165) is 31.7 Å². The number of amides is 1. The number of nitrogens with zero attached hydrogens (tertiary/aromatic N) is 3. The highest BCUT2D eigenvalue weighted by Gasteiger charge is 2.55. The summed E-state index contributed by atoms with van der Waals surface area (Å²) in [7, 11) is 1.21.